The molecule has 2 aliphatic heterocycles. The number of fused-ring (bicyclic) bond motifs is 1. The maximum Gasteiger partial charge on any atom is 0.341 e. The summed E-state index contributed by atoms with van der Waals surface area (Å²) in [5.41, 5.74) is 1.40. The van der Waals surface area contributed by atoms with Gasteiger partial charge in [0.25, 0.3) is 10.0 Å². The zero-order chi connectivity index (χ0) is 22.9. The molecule has 0 spiro atoms. The van der Waals surface area contributed by atoms with E-state index in [4.69, 9.17) is 4.74 Å². The smallest absolute Gasteiger partial charge is 0.341 e. The average Bonchev–Trinajstić information content (AvgIpc) is 3.42. The van der Waals surface area contributed by atoms with Crippen LogP contribution in [0.1, 0.15) is 40.6 Å². The van der Waals surface area contributed by atoms with Gasteiger partial charge in [-0.25, -0.2) is 13.2 Å². The zero-order valence-electron chi connectivity index (χ0n) is 18.1. The van der Waals surface area contributed by atoms with Crippen LogP contribution in [0.5, 0.6) is 0 Å². The number of sulfonamides is 1. The highest BCUT2D eigenvalue weighted by Crippen LogP contribution is 2.38. The number of esters is 1. The topological polar surface area (TPSA) is 96.0 Å². The SMILES string of the molecule is CCOC(=O)c1c(NC(=O)C2CCCN(S(=O)(=O)c3cccs3)C2)sc2c1CCN(C)C2. The maximum absolute atomic E-state index is 13.2. The van der Waals surface area contributed by atoms with Crippen LogP contribution >= 0.6 is 22.7 Å². The van der Waals surface area contributed by atoms with Gasteiger partial charge in [-0.05, 0) is 50.2 Å². The van der Waals surface area contributed by atoms with Crippen molar-refractivity contribution in [1.82, 2.24) is 9.21 Å². The third-order valence-electron chi connectivity index (χ3n) is 5.81. The van der Waals surface area contributed by atoms with Gasteiger partial charge in [-0.1, -0.05) is 6.07 Å². The summed E-state index contributed by atoms with van der Waals surface area (Å²) in [6, 6.07) is 3.29. The molecule has 0 saturated carbocycles. The molecule has 32 heavy (non-hydrogen) atoms. The van der Waals surface area contributed by atoms with E-state index in [0.29, 0.717) is 34.2 Å². The first-order chi connectivity index (χ1) is 15.3. The van der Waals surface area contributed by atoms with E-state index in [1.807, 2.05) is 7.05 Å². The minimum absolute atomic E-state index is 0.134. The molecule has 0 radical (unpaired) electrons. The van der Waals surface area contributed by atoms with Gasteiger partial charge in [-0.2, -0.15) is 4.31 Å². The molecule has 1 unspecified atom stereocenters. The molecule has 0 aromatic carbocycles. The fraction of sp³-hybridized carbons (Fsp3) is 0.524. The minimum atomic E-state index is -3.60. The fourth-order valence-electron chi connectivity index (χ4n) is 4.16. The predicted molar refractivity (Wildman–Crippen MR) is 125 cm³/mol. The van der Waals surface area contributed by atoms with Crippen LogP contribution in [0.3, 0.4) is 0 Å². The summed E-state index contributed by atoms with van der Waals surface area (Å²) in [5, 5.41) is 5.18. The van der Waals surface area contributed by atoms with E-state index in [1.54, 1.807) is 24.4 Å². The van der Waals surface area contributed by atoms with Crippen molar-refractivity contribution < 1.29 is 22.7 Å². The maximum atomic E-state index is 13.2. The number of ether oxygens (including phenoxy) is 1. The Kier molecular flexibility index (Phi) is 7.01. The van der Waals surface area contributed by atoms with Crippen molar-refractivity contribution in [3.63, 3.8) is 0 Å². The van der Waals surface area contributed by atoms with E-state index >= 15 is 0 Å². The third kappa shape index (κ3) is 4.62. The molecule has 2 aromatic heterocycles. The molecule has 2 aliphatic rings. The number of amides is 1. The summed E-state index contributed by atoms with van der Waals surface area (Å²) in [4.78, 5) is 29.1. The number of thiophene rings is 2. The lowest BCUT2D eigenvalue weighted by molar-refractivity contribution is -0.120. The van der Waals surface area contributed by atoms with Crippen molar-refractivity contribution in [1.29, 1.82) is 0 Å². The normalized spacial score (nSPS) is 20.0. The Hall–Kier alpha value is -1.79. The van der Waals surface area contributed by atoms with Crippen molar-refractivity contribution in [2.45, 2.75) is 36.9 Å². The van der Waals surface area contributed by atoms with Gasteiger partial charge in [0.15, 0.2) is 0 Å². The van der Waals surface area contributed by atoms with Gasteiger partial charge in [0.1, 0.15) is 9.21 Å². The number of piperidine rings is 1. The number of carbonyl (C=O) groups is 2. The van der Waals surface area contributed by atoms with Crippen LogP contribution in [0.4, 0.5) is 5.00 Å². The number of anilines is 1. The standard InChI is InChI=1S/C21H27N3O5S3/c1-3-29-21(26)18-15-8-10-23(2)13-16(15)31-20(18)22-19(25)14-6-4-9-24(12-14)32(27,28)17-7-5-11-30-17/h5,7,11,14H,3-4,6,8-10,12-13H2,1-2H3,(H,22,25). The number of hydrogen-bond donors (Lipinski definition) is 1. The van der Waals surface area contributed by atoms with Gasteiger partial charge in [0.2, 0.25) is 5.91 Å². The summed E-state index contributed by atoms with van der Waals surface area (Å²) >= 11 is 2.59. The Balaban J connectivity index is 1.54. The first kappa shape index (κ1) is 23.4. The Morgan fingerprint density at radius 1 is 1.31 bits per heavy atom. The van der Waals surface area contributed by atoms with Crippen LogP contribution < -0.4 is 5.32 Å². The highest BCUT2D eigenvalue weighted by molar-refractivity contribution is 7.91. The molecule has 1 amide bonds. The van der Waals surface area contributed by atoms with Crippen LogP contribution in [0.2, 0.25) is 0 Å². The van der Waals surface area contributed by atoms with Gasteiger partial charge < -0.3 is 15.0 Å². The molecule has 1 fully saturated rings. The van der Waals surface area contributed by atoms with Crippen LogP contribution in [0.25, 0.3) is 0 Å². The fourth-order valence-corrected chi connectivity index (χ4v) is 8.15. The van der Waals surface area contributed by atoms with E-state index in [2.05, 4.69) is 10.2 Å². The highest BCUT2D eigenvalue weighted by Gasteiger charge is 2.35. The lowest BCUT2D eigenvalue weighted by Crippen LogP contribution is -2.43. The van der Waals surface area contributed by atoms with E-state index in [1.165, 1.54) is 27.0 Å². The van der Waals surface area contributed by atoms with Crippen molar-refractivity contribution in [2.75, 3.05) is 38.6 Å². The van der Waals surface area contributed by atoms with Crippen molar-refractivity contribution >= 4 is 49.6 Å². The van der Waals surface area contributed by atoms with Gasteiger partial charge in [0.05, 0.1) is 18.1 Å². The monoisotopic (exact) mass is 497 g/mol. The van der Waals surface area contributed by atoms with Crippen LogP contribution in [0, 0.1) is 5.92 Å². The predicted octanol–water partition coefficient (Wildman–Crippen LogP) is 3.01. The molecule has 174 valence electrons. The van der Waals surface area contributed by atoms with Crippen LogP contribution in [0.15, 0.2) is 21.7 Å². The van der Waals surface area contributed by atoms with Crippen molar-refractivity contribution in [3.8, 4) is 0 Å². The molecule has 4 heterocycles. The van der Waals surface area contributed by atoms with Crippen LogP contribution in [-0.2, 0) is 32.5 Å². The molecule has 8 nitrogen and oxygen atoms in total. The highest BCUT2D eigenvalue weighted by atomic mass is 32.2. The molecule has 2 aromatic rings. The van der Waals surface area contributed by atoms with E-state index in [0.717, 1.165) is 30.0 Å². The minimum Gasteiger partial charge on any atom is -0.462 e. The van der Waals surface area contributed by atoms with Gasteiger partial charge in [0, 0.05) is 31.1 Å². The van der Waals surface area contributed by atoms with Gasteiger partial charge >= 0.3 is 5.97 Å². The van der Waals surface area contributed by atoms with E-state index < -0.39 is 21.9 Å². The van der Waals surface area contributed by atoms with Crippen molar-refractivity contribution in [2.24, 2.45) is 5.92 Å². The summed E-state index contributed by atoms with van der Waals surface area (Å²) in [5.74, 6) is -1.15. The molecule has 1 N–H and O–H groups in total. The molecule has 4 rings (SSSR count). The third-order valence-corrected chi connectivity index (χ3v) is 10.2. The molecule has 0 aliphatic carbocycles. The lowest BCUT2D eigenvalue weighted by Gasteiger charge is -2.30. The Morgan fingerprint density at radius 2 is 2.12 bits per heavy atom. The largest absolute Gasteiger partial charge is 0.462 e. The van der Waals surface area contributed by atoms with E-state index in [9.17, 15) is 18.0 Å². The molecular weight excluding hydrogens is 470 g/mol. The zero-order valence-corrected chi connectivity index (χ0v) is 20.6. The first-order valence-corrected chi connectivity index (χ1v) is 13.8. The second kappa shape index (κ2) is 9.60. The lowest BCUT2D eigenvalue weighted by atomic mass is 9.98. The molecule has 11 heteroatoms. The number of nitrogens with one attached hydrogen (secondary N) is 1. The summed E-state index contributed by atoms with van der Waals surface area (Å²) in [7, 11) is -1.58. The average molecular weight is 498 g/mol. The Labute approximate surface area is 196 Å². The van der Waals surface area contributed by atoms with E-state index in [-0.39, 0.29) is 19.1 Å². The Bertz CT molecular complexity index is 1090. The Morgan fingerprint density at radius 3 is 2.84 bits per heavy atom. The molecule has 0 bridgehead atoms. The summed E-state index contributed by atoms with van der Waals surface area (Å²) < 4.78 is 32.7. The second-order valence-corrected chi connectivity index (χ2v) is 12.3. The van der Waals surface area contributed by atoms with Gasteiger partial charge in [-0.15, -0.1) is 22.7 Å². The molecular formula is C21H27N3O5S3. The summed E-state index contributed by atoms with van der Waals surface area (Å²) in [6.07, 6.45) is 1.94. The quantitative estimate of drug-likeness (QED) is 0.617. The van der Waals surface area contributed by atoms with Crippen LogP contribution in [-0.4, -0.2) is 62.8 Å². The molecule has 1 saturated heterocycles. The molecule has 1 atom stereocenters. The number of carbonyl (C=O) groups excluding carboxylic acids is 2. The summed E-state index contributed by atoms with van der Waals surface area (Å²) in [6.45, 7) is 4.11. The number of nitrogens with zero attached hydrogens (tertiary/aromatic N) is 2. The number of rotatable bonds is 6. The first-order valence-electron chi connectivity index (χ1n) is 10.7. The van der Waals surface area contributed by atoms with Gasteiger partial charge in [-0.3, -0.25) is 4.79 Å². The number of likely N-dealkylation sites (N-methyl/N-ethyl adjacent to an activating group) is 1. The second-order valence-electron chi connectivity index (χ2n) is 8.04. The number of hydrogen-bond acceptors (Lipinski definition) is 8. The van der Waals surface area contributed by atoms with Crippen molar-refractivity contribution in [3.05, 3.63) is 33.5 Å².